The number of rotatable bonds is 3. The van der Waals surface area contributed by atoms with Crippen LogP contribution in [0.5, 0.6) is 11.5 Å². The molecular formula is C16H24N2O4. The summed E-state index contributed by atoms with van der Waals surface area (Å²) in [6.07, 6.45) is -0.298. The minimum Gasteiger partial charge on any atom is -0.508 e. The molecule has 1 fully saturated rings. The van der Waals surface area contributed by atoms with Gasteiger partial charge in [-0.1, -0.05) is 0 Å². The Balaban J connectivity index is 1.83. The first kappa shape index (κ1) is 16.4. The van der Waals surface area contributed by atoms with Crippen molar-refractivity contribution in [2.24, 2.45) is 0 Å². The smallest absolute Gasteiger partial charge is 0.410 e. The Morgan fingerprint density at radius 3 is 2.32 bits per heavy atom. The summed E-state index contributed by atoms with van der Waals surface area (Å²) in [5.74, 6) is 0.0697. The van der Waals surface area contributed by atoms with Crippen molar-refractivity contribution >= 4 is 6.09 Å². The molecule has 0 saturated carbocycles. The van der Waals surface area contributed by atoms with Crippen LogP contribution in [0.3, 0.4) is 0 Å². The third-order valence-electron chi connectivity index (χ3n) is 3.44. The lowest BCUT2D eigenvalue weighted by molar-refractivity contribution is 0.00434. The fourth-order valence-corrected chi connectivity index (χ4v) is 2.38. The number of phenolic OH excluding ortho intramolecular Hbond substituents is 2. The highest BCUT2D eigenvalue weighted by molar-refractivity contribution is 5.69. The second-order valence-electron chi connectivity index (χ2n) is 6.75. The van der Waals surface area contributed by atoms with Crippen LogP contribution in [-0.4, -0.2) is 45.9 Å². The molecule has 1 heterocycles. The van der Waals surface area contributed by atoms with Crippen molar-refractivity contribution in [2.45, 2.75) is 45.4 Å². The van der Waals surface area contributed by atoms with Crippen LogP contribution in [0.1, 0.15) is 39.3 Å². The maximum absolute atomic E-state index is 11.8. The molecule has 1 amide bonds. The monoisotopic (exact) mass is 308 g/mol. The van der Waals surface area contributed by atoms with Crippen LogP contribution in [-0.2, 0) is 4.74 Å². The van der Waals surface area contributed by atoms with Gasteiger partial charge in [0, 0.05) is 31.2 Å². The van der Waals surface area contributed by atoms with Gasteiger partial charge in [-0.05, 0) is 45.4 Å². The maximum atomic E-state index is 11.8. The molecule has 1 aliphatic rings. The zero-order chi connectivity index (χ0) is 16.5. The molecule has 2 rings (SSSR count). The number of carbonyl (C=O) groups excluding carboxylic acids is 1. The van der Waals surface area contributed by atoms with Crippen LogP contribution in [0.4, 0.5) is 4.79 Å². The molecule has 0 aromatic heterocycles. The van der Waals surface area contributed by atoms with Crippen molar-refractivity contribution in [3.05, 3.63) is 23.8 Å². The van der Waals surface area contributed by atoms with Gasteiger partial charge in [0.1, 0.15) is 17.1 Å². The molecule has 3 N–H and O–H groups in total. The normalized spacial score (nSPS) is 17.0. The van der Waals surface area contributed by atoms with Crippen LogP contribution in [0.2, 0.25) is 0 Å². The van der Waals surface area contributed by atoms with Gasteiger partial charge in [0.15, 0.2) is 0 Å². The van der Waals surface area contributed by atoms with Crippen LogP contribution < -0.4 is 5.32 Å². The summed E-state index contributed by atoms with van der Waals surface area (Å²) < 4.78 is 5.30. The fourth-order valence-electron chi connectivity index (χ4n) is 2.38. The van der Waals surface area contributed by atoms with Crippen molar-refractivity contribution in [1.29, 1.82) is 0 Å². The predicted molar refractivity (Wildman–Crippen MR) is 82.9 cm³/mol. The lowest BCUT2D eigenvalue weighted by Crippen LogP contribution is -2.60. The summed E-state index contributed by atoms with van der Waals surface area (Å²) in [5.41, 5.74) is 0.315. The molecule has 22 heavy (non-hydrogen) atoms. The second-order valence-corrected chi connectivity index (χ2v) is 6.75. The second kappa shape index (κ2) is 6.04. The SMILES string of the molecule is CC(NC1CN(C(=O)OC(C)(C)C)C1)c1cc(O)cc(O)c1. The van der Waals surface area contributed by atoms with E-state index in [1.807, 2.05) is 27.7 Å². The highest BCUT2D eigenvalue weighted by Gasteiger charge is 2.34. The van der Waals surface area contributed by atoms with E-state index >= 15 is 0 Å². The molecule has 6 nitrogen and oxygen atoms in total. The van der Waals surface area contributed by atoms with Gasteiger partial charge in [-0.15, -0.1) is 0 Å². The highest BCUT2D eigenvalue weighted by atomic mass is 16.6. The zero-order valence-corrected chi connectivity index (χ0v) is 13.5. The first-order valence-electron chi connectivity index (χ1n) is 7.41. The Kier molecular flexibility index (Phi) is 4.51. The van der Waals surface area contributed by atoms with Crippen LogP contribution in [0.25, 0.3) is 0 Å². The summed E-state index contributed by atoms with van der Waals surface area (Å²) >= 11 is 0. The summed E-state index contributed by atoms with van der Waals surface area (Å²) in [4.78, 5) is 13.5. The summed E-state index contributed by atoms with van der Waals surface area (Å²) in [5, 5.41) is 22.4. The minimum atomic E-state index is -0.484. The Morgan fingerprint density at radius 2 is 1.82 bits per heavy atom. The molecule has 0 radical (unpaired) electrons. The van der Waals surface area contributed by atoms with Gasteiger partial charge < -0.3 is 25.2 Å². The van der Waals surface area contributed by atoms with Gasteiger partial charge in [0.05, 0.1) is 0 Å². The summed E-state index contributed by atoms with van der Waals surface area (Å²) in [6.45, 7) is 8.66. The van der Waals surface area contributed by atoms with E-state index in [1.165, 1.54) is 6.07 Å². The predicted octanol–water partition coefficient (Wildman–Crippen LogP) is 2.37. The maximum Gasteiger partial charge on any atom is 0.410 e. The number of aromatic hydroxyl groups is 2. The quantitative estimate of drug-likeness (QED) is 0.798. The number of nitrogens with zero attached hydrogens (tertiary/aromatic N) is 1. The largest absolute Gasteiger partial charge is 0.508 e. The van der Waals surface area contributed by atoms with Crippen LogP contribution in [0.15, 0.2) is 18.2 Å². The lowest BCUT2D eigenvalue weighted by Gasteiger charge is -2.41. The number of nitrogens with one attached hydrogen (secondary N) is 1. The third-order valence-corrected chi connectivity index (χ3v) is 3.44. The zero-order valence-electron chi connectivity index (χ0n) is 13.5. The van der Waals surface area contributed by atoms with E-state index in [1.54, 1.807) is 17.0 Å². The van der Waals surface area contributed by atoms with Gasteiger partial charge in [-0.25, -0.2) is 4.79 Å². The van der Waals surface area contributed by atoms with Gasteiger partial charge in [-0.3, -0.25) is 0 Å². The van der Waals surface area contributed by atoms with Crippen molar-refractivity contribution in [3.63, 3.8) is 0 Å². The molecule has 1 unspecified atom stereocenters. The Morgan fingerprint density at radius 1 is 1.27 bits per heavy atom. The molecule has 6 heteroatoms. The number of phenols is 2. The van der Waals surface area contributed by atoms with Gasteiger partial charge in [0.25, 0.3) is 0 Å². The molecular weight excluding hydrogens is 284 g/mol. The van der Waals surface area contributed by atoms with Gasteiger partial charge in [-0.2, -0.15) is 0 Å². The average molecular weight is 308 g/mol. The van der Waals surface area contributed by atoms with E-state index < -0.39 is 5.60 Å². The first-order valence-corrected chi connectivity index (χ1v) is 7.41. The molecule has 1 saturated heterocycles. The number of benzene rings is 1. The van der Waals surface area contributed by atoms with E-state index in [9.17, 15) is 15.0 Å². The number of hydrogen-bond donors (Lipinski definition) is 3. The van der Waals surface area contributed by atoms with E-state index in [2.05, 4.69) is 5.32 Å². The summed E-state index contributed by atoms with van der Waals surface area (Å²) in [6, 6.07) is 4.66. The number of ether oxygens (including phenoxy) is 1. The van der Waals surface area contributed by atoms with Gasteiger partial charge in [0.2, 0.25) is 0 Å². The fraction of sp³-hybridized carbons (Fsp3) is 0.562. The third kappa shape index (κ3) is 4.27. The molecule has 1 aromatic carbocycles. The molecule has 1 aromatic rings. The van der Waals surface area contributed by atoms with E-state index in [4.69, 9.17) is 4.74 Å². The number of likely N-dealkylation sites (tertiary alicyclic amines) is 1. The van der Waals surface area contributed by atoms with E-state index in [0.717, 1.165) is 5.56 Å². The van der Waals surface area contributed by atoms with Crippen molar-refractivity contribution in [2.75, 3.05) is 13.1 Å². The Bertz CT molecular complexity index is 527. The molecule has 0 spiro atoms. The van der Waals surface area contributed by atoms with Crippen molar-refractivity contribution in [1.82, 2.24) is 10.2 Å². The Labute approximate surface area is 130 Å². The molecule has 0 aliphatic carbocycles. The van der Waals surface area contributed by atoms with Crippen molar-refractivity contribution in [3.8, 4) is 11.5 Å². The standard InChI is InChI=1S/C16H24N2O4/c1-10(11-5-13(19)7-14(20)6-11)17-12-8-18(9-12)15(21)22-16(2,3)4/h5-7,10,12,17,19-20H,8-9H2,1-4H3. The van der Waals surface area contributed by atoms with Gasteiger partial charge >= 0.3 is 6.09 Å². The number of amides is 1. The van der Waals surface area contributed by atoms with Crippen LogP contribution >= 0.6 is 0 Å². The first-order chi connectivity index (χ1) is 10.1. The van der Waals surface area contributed by atoms with Crippen molar-refractivity contribution < 1.29 is 19.7 Å². The molecule has 1 aliphatic heterocycles. The van der Waals surface area contributed by atoms with E-state index in [-0.39, 0.29) is 29.7 Å². The van der Waals surface area contributed by atoms with Crippen LogP contribution in [0, 0.1) is 0 Å². The lowest BCUT2D eigenvalue weighted by atomic mass is 10.0. The summed E-state index contributed by atoms with van der Waals surface area (Å²) in [7, 11) is 0. The molecule has 0 bridgehead atoms. The molecule has 1 atom stereocenters. The molecule has 122 valence electrons. The van der Waals surface area contributed by atoms with E-state index in [0.29, 0.717) is 13.1 Å². The number of hydrogen-bond acceptors (Lipinski definition) is 5. The number of carbonyl (C=O) groups is 1. The minimum absolute atomic E-state index is 0.0349. The Hall–Kier alpha value is -1.95. The topological polar surface area (TPSA) is 82.0 Å². The average Bonchev–Trinajstić information content (AvgIpc) is 2.29. The highest BCUT2D eigenvalue weighted by Crippen LogP contribution is 2.26.